The van der Waals surface area contributed by atoms with Gasteiger partial charge in [-0.1, -0.05) is 42.5 Å². The van der Waals surface area contributed by atoms with Crippen LogP contribution in [0.4, 0.5) is 4.39 Å². The van der Waals surface area contributed by atoms with Crippen LogP contribution in [0, 0.1) is 5.82 Å². The minimum absolute atomic E-state index is 0.0690. The van der Waals surface area contributed by atoms with Gasteiger partial charge in [0.05, 0.1) is 5.56 Å². The van der Waals surface area contributed by atoms with E-state index in [0.29, 0.717) is 0 Å². The zero-order valence-electron chi connectivity index (χ0n) is 13.0. The average molecular weight is 312 g/mol. The van der Waals surface area contributed by atoms with E-state index in [9.17, 15) is 9.18 Å². The molecule has 2 aromatic rings. The van der Waals surface area contributed by atoms with Gasteiger partial charge in [0.15, 0.2) is 0 Å². The predicted octanol–water partition coefficient (Wildman–Crippen LogP) is 3.22. The number of benzene rings is 2. The Kier molecular flexibility index (Phi) is 5.03. The molecule has 0 aliphatic carbocycles. The van der Waals surface area contributed by atoms with Crippen LogP contribution in [0.3, 0.4) is 0 Å². The quantitative estimate of drug-likeness (QED) is 0.940. The summed E-state index contributed by atoms with van der Waals surface area (Å²) in [5.41, 5.74) is 1.39. The summed E-state index contributed by atoms with van der Waals surface area (Å²) < 4.78 is 13.7. The molecule has 0 unspecified atom stereocenters. The number of halogens is 1. The van der Waals surface area contributed by atoms with Gasteiger partial charge in [-0.3, -0.25) is 9.69 Å². The van der Waals surface area contributed by atoms with Crippen LogP contribution in [0.25, 0.3) is 0 Å². The summed E-state index contributed by atoms with van der Waals surface area (Å²) in [6.07, 6.45) is 1.97. The molecule has 1 saturated heterocycles. The van der Waals surface area contributed by atoms with Crippen molar-refractivity contribution in [2.45, 2.75) is 25.4 Å². The van der Waals surface area contributed by atoms with Gasteiger partial charge in [-0.15, -0.1) is 0 Å². The molecule has 0 aromatic heterocycles. The number of carbonyl (C=O) groups excluding carboxylic acids is 1. The van der Waals surface area contributed by atoms with Crippen molar-refractivity contribution < 1.29 is 9.18 Å². The van der Waals surface area contributed by atoms with Crippen LogP contribution in [-0.4, -0.2) is 29.9 Å². The number of hydrogen-bond acceptors (Lipinski definition) is 2. The monoisotopic (exact) mass is 312 g/mol. The van der Waals surface area contributed by atoms with Crippen LogP contribution in [0.2, 0.25) is 0 Å². The maximum atomic E-state index is 13.7. The lowest BCUT2D eigenvalue weighted by atomic mass is 10.0. The van der Waals surface area contributed by atoms with E-state index in [2.05, 4.69) is 22.3 Å². The van der Waals surface area contributed by atoms with E-state index in [1.54, 1.807) is 12.1 Å². The molecule has 0 saturated carbocycles. The number of amides is 1. The summed E-state index contributed by atoms with van der Waals surface area (Å²) in [6.45, 7) is 2.71. The lowest BCUT2D eigenvalue weighted by Crippen LogP contribution is -2.47. The van der Waals surface area contributed by atoms with Crippen LogP contribution in [-0.2, 0) is 6.54 Å². The molecule has 3 rings (SSSR count). The first-order chi connectivity index (χ1) is 11.2. The third kappa shape index (κ3) is 4.17. The van der Waals surface area contributed by atoms with E-state index in [4.69, 9.17) is 0 Å². The molecule has 23 heavy (non-hydrogen) atoms. The minimum Gasteiger partial charge on any atom is -0.348 e. The molecule has 1 heterocycles. The molecule has 1 aliphatic heterocycles. The molecular formula is C19H21FN2O. The summed E-state index contributed by atoms with van der Waals surface area (Å²) in [4.78, 5) is 14.6. The molecule has 1 atom stereocenters. The second kappa shape index (κ2) is 7.38. The first kappa shape index (κ1) is 15.7. The Morgan fingerprint density at radius 1 is 1.13 bits per heavy atom. The number of nitrogens with zero attached hydrogens (tertiary/aromatic N) is 1. The zero-order chi connectivity index (χ0) is 16.1. The standard InChI is InChI=1S/C19H21FN2O/c20-18-11-5-4-10-17(18)19(23)21-16-9-6-12-22(14-16)13-15-7-2-1-3-8-15/h1-5,7-8,10-11,16H,6,9,12-14H2,(H,21,23)/t16-/m1/s1. The largest absolute Gasteiger partial charge is 0.348 e. The highest BCUT2D eigenvalue weighted by Gasteiger charge is 2.22. The van der Waals surface area contributed by atoms with Crippen molar-refractivity contribution >= 4 is 5.91 Å². The van der Waals surface area contributed by atoms with Gasteiger partial charge in [0.2, 0.25) is 0 Å². The van der Waals surface area contributed by atoms with E-state index >= 15 is 0 Å². The van der Waals surface area contributed by atoms with Crippen molar-refractivity contribution in [2.75, 3.05) is 13.1 Å². The highest BCUT2D eigenvalue weighted by atomic mass is 19.1. The predicted molar refractivity (Wildman–Crippen MR) is 88.6 cm³/mol. The summed E-state index contributed by atoms with van der Waals surface area (Å²) in [5.74, 6) is -0.795. The van der Waals surface area contributed by atoms with Gasteiger partial charge >= 0.3 is 0 Å². The Balaban J connectivity index is 1.58. The summed E-state index contributed by atoms with van der Waals surface area (Å²) in [5, 5.41) is 2.97. The normalized spacial score (nSPS) is 18.6. The number of piperidine rings is 1. The van der Waals surface area contributed by atoms with E-state index in [-0.39, 0.29) is 17.5 Å². The van der Waals surface area contributed by atoms with Gasteiger partial charge in [-0.05, 0) is 37.1 Å². The van der Waals surface area contributed by atoms with Gasteiger partial charge in [0.25, 0.3) is 5.91 Å². The Labute approximate surface area is 136 Å². The van der Waals surface area contributed by atoms with Crippen molar-refractivity contribution in [2.24, 2.45) is 0 Å². The van der Waals surface area contributed by atoms with E-state index in [0.717, 1.165) is 32.5 Å². The fraction of sp³-hybridized carbons (Fsp3) is 0.316. The second-order valence-corrected chi connectivity index (χ2v) is 6.01. The third-order valence-electron chi connectivity index (χ3n) is 4.21. The van der Waals surface area contributed by atoms with Gasteiger partial charge in [-0.2, -0.15) is 0 Å². The molecule has 120 valence electrons. The highest BCUT2D eigenvalue weighted by molar-refractivity contribution is 5.94. The third-order valence-corrected chi connectivity index (χ3v) is 4.21. The maximum absolute atomic E-state index is 13.7. The van der Waals surface area contributed by atoms with Gasteiger partial charge in [-0.25, -0.2) is 4.39 Å². The van der Waals surface area contributed by atoms with Crippen molar-refractivity contribution in [1.82, 2.24) is 10.2 Å². The zero-order valence-corrected chi connectivity index (χ0v) is 13.0. The fourth-order valence-electron chi connectivity index (χ4n) is 3.07. The van der Waals surface area contributed by atoms with Gasteiger partial charge < -0.3 is 5.32 Å². The molecule has 0 spiro atoms. The topological polar surface area (TPSA) is 32.3 Å². The van der Waals surface area contributed by atoms with Crippen LogP contribution >= 0.6 is 0 Å². The van der Waals surface area contributed by atoms with E-state index in [1.165, 1.54) is 17.7 Å². The maximum Gasteiger partial charge on any atom is 0.254 e. The van der Waals surface area contributed by atoms with Gasteiger partial charge in [0.1, 0.15) is 5.82 Å². The number of likely N-dealkylation sites (tertiary alicyclic amines) is 1. The molecule has 1 amide bonds. The Morgan fingerprint density at radius 3 is 2.65 bits per heavy atom. The van der Waals surface area contributed by atoms with Crippen molar-refractivity contribution in [3.05, 3.63) is 71.5 Å². The molecule has 2 aromatic carbocycles. The van der Waals surface area contributed by atoms with Crippen LogP contribution < -0.4 is 5.32 Å². The molecule has 0 bridgehead atoms. The minimum atomic E-state index is -0.470. The molecule has 3 nitrogen and oxygen atoms in total. The number of nitrogens with one attached hydrogen (secondary N) is 1. The van der Waals surface area contributed by atoms with E-state index in [1.807, 2.05) is 18.2 Å². The van der Waals surface area contributed by atoms with Crippen molar-refractivity contribution in [3.63, 3.8) is 0 Å². The van der Waals surface area contributed by atoms with Crippen LogP contribution in [0.5, 0.6) is 0 Å². The number of carbonyl (C=O) groups is 1. The molecule has 1 N–H and O–H groups in total. The second-order valence-electron chi connectivity index (χ2n) is 6.01. The van der Waals surface area contributed by atoms with Crippen LogP contribution in [0.15, 0.2) is 54.6 Å². The first-order valence-corrected chi connectivity index (χ1v) is 8.04. The Hall–Kier alpha value is -2.20. The van der Waals surface area contributed by atoms with Crippen molar-refractivity contribution in [3.8, 4) is 0 Å². The van der Waals surface area contributed by atoms with Crippen LogP contribution in [0.1, 0.15) is 28.8 Å². The number of hydrogen-bond donors (Lipinski definition) is 1. The Bertz CT molecular complexity index is 659. The molecule has 4 heteroatoms. The molecule has 1 fully saturated rings. The molecular weight excluding hydrogens is 291 g/mol. The molecule has 1 aliphatic rings. The lowest BCUT2D eigenvalue weighted by molar-refractivity contribution is 0.0897. The smallest absolute Gasteiger partial charge is 0.254 e. The van der Waals surface area contributed by atoms with Crippen molar-refractivity contribution in [1.29, 1.82) is 0 Å². The number of rotatable bonds is 4. The Morgan fingerprint density at radius 2 is 1.87 bits per heavy atom. The lowest BCUT2D eigenvalue weighted by Gasteiger charge is -2.33. The summed E-state index contributed by atoms with van der Waals surface area (Å²) >= 11 is 0. The van der Waals surface area contributed by atoms with Gasteiger partial charge in [0, 0.05) is 19.1 Å². The van der Waals surface area contributed by atoms with E-state index < -0.39 is 5.82 Å². The first-order valence-electron chi connectivity index (χ1n) is 8.04. The molecule has 0 radical (unpaired) electrons. The SMILES string of the molecule is O=C(N[C@@H]1CCCN(Cc2ccccc2)C1)c1ccccc1F. The highest BCUT2D eigenvalue weighted by Crippen LogP contribution is 2.15. The summed E-state index contributed by atoms with van der Waals surface area (Å²) in [6, 6.07) is 16.5. The summed E-state index contributed by atoms with van der Waals surface area (Å²) in [7, 11) is 0. The fourth-order valence-corrected chi connectivity index (χ4v) is 3.07. The average Bonchev–Trinajstić information content (AvgIpc) is 2.56.